The van der Waals surface area contributed by atoms with Crippen LogP contribution in [0.1, 0.15) is 12.8 Å². The summed E-state index contributed by atoms with van der Waals surface area (Å²) in [5.41, 5.74) is 3.44. The molecule has 8 N–H and O–H groups in total. The van der Waals surface area contributed by atoms with E-state index in [1.54, 1.807) is 0 Å². The number of carboxylic acids is 2. The summed E-state index contributed by atoms with van der Waals surface area (Å²) < 4.78 is 11.9. The standard InChI is InChI=1S/C9H18N2O8P2/c10-4-20(16,17)3-7(21(18,19)5-11)6(9(14)15)1-2-8(12)13/h5-7,11,16-17H,1-4,10H2,(H2-,12,13,14,15,18,19)/p+1. The number of hydrogen-bond donors (Lipinski definition) is 7. The Hall–Kier alpha value is -0.890. The van der Waals surface area contributed by atoms with Crippen LogP contribution in [0.2, 0.25) is 0 Å². The Balaban J connectivity index is 5.50. The molecule has 3 atom stereocenters. The van der Waals surface area contributed by atoms with Crippen LogP contribution < -0.4 is 5.73 Å². The minimum atomic E-state index is -4.44. The second-order valence-corrected chi connectivity index (χ2v) is 9.24. The van der Waals surface area contributed by atoms with Gasteiger partial charge in [-0.25, -0.2) is 9.79 Å². The quantitative estimate of drug-likeness (QED) is 0.202. The van der Waals surface area contributed by atoms with E-state index in [0.717, 1.165) is 0 Å². The number of nitrogens with one attached hydrogen (secondary N) is 1. The average Bonchev–Trinajstić information content (AvgIpc) is 2.36. The van der Waals surface area contributed by atoms with Crippen LogP contribution in [0.4, 0.5) is 0 Å². The van der Waals surface area contributed by atoms with E-state index in [-0.39, 0.29) is 5.96 Å². The average molecular weight is 345 g/mol. The second kappa shape index (κ2) is 7.93. The lowest BCUT2D eigenvalue weighted by atomic mass is 10.00. The van der Waals surface area contributed by atoms with Gasteiger partial charge in [0.15, 0.2) is 6.29 Å². The van der Waals surface area contributed by atoms with Crippen molar-refractivity contribution in [2.75, 3.05) is 12.4 Å². The lowest BCUT2D eigenvalue weighted by molar-refractivity contribution is -0.142. The van der Waals surface area contributed by atoms with Gasteiger partial charge >= 0.3 is 11.9 Å². The van der Waals surface area contributed by atoms with Crippen LogP contribution >= 0.6 is 15.1 Å². The third-order valence-electron chi connectivity index (χ3n) is 2.88. The van der Waals surface area contributed by atoms with E-state index in [1.165, 1.54) is 0 Å². The Bertz CT molecular complexity index is 455. The smallest absolute Gasteiger partial charge is 0.307 e. The molecule has 12 heteroatoms. The van der Waals surface area contributed by atoms with Crippen molar-refractivity contribution < 1.29 is 39.0 Å². The number of hydrogen-bond acceptors (Lipinski definition) is 7. The number of rotatable bonds is 10. The molecule has 0 saturated carbocycles. The first-order valence-corrected chi connectivity index (χ1v) is 9.64. The van der Waals surface area contributed by atoms with Gasteiger partial charge in [-0.15, -0.1) is 0 Å². The molecule has 21 heavy (non-hydrogen) atoms. The van der Waals surface area contributed by atoms with Crippen LogP contribution in [0.15, 0.2) is 0 Å². The summed E-state index contributed by atoms with van der Waals surface area (Å²) in [5, 5.41) is 24.6. The molecule has 0 aliphatic heterocycles. The first-order chi connectivity index (χ1) is 9.46. The maximum absolute atomic E-state index is 11.9. The minimum absolute atomic E-state index is 0.158. The van der Waals surface area contributed by atoms with E-state index < -0.39 is 63.9 Å². The van der Waals surface area contributed by atoms with Gasteiger partial charge in [0.1, 0.15) is 6.16 Å². The fourth-order valence-corrected chi connectivity index (χ4v) is 5.44. The fraction of sp³-hybridized carbons (Fsp3) is 0.667. The molecule has 0 fully saturated rings. The van der Waals surface area contributed by atoms with Crippen LogP contribution in [0, 0.1) is 11.3 Å². The molecular weight excluding hydrogens is 326 g/mol. The van der Waals surface area contributed by atoms with Gasteiger partial charge in [0.2, 0.25) is 7.37 Å². The van der Waals surface area contributed by atoms with E-state index in [2.05, 4.69) is 0 Å². The second-order valence-electron chi connectivity index (χ2n) is 4.49. The Morgan fingerprint density at radius 1 is 1.33 bits per heavy atom. The van der Waals surface area contributed by atoms with E-state index in [4.69, 9.17) is 21.4 Å². The first kappa shape index (κ1) is 20.1. The molecule has 122 valence electrons. The summed E-state index contributed by atoms with van der Waals surface area (Å²) in [7, 11) is -8.24. The molecule has 0 saturated heterocycles. The van der Waals surface area contributed by atoms with Crippen molar-refractivity contribution >= 4 is 33.0 Å². The van der Waals surface area contributed by atoms with Gasteiger partial charge in [-0.05, 0) is 6.42 Å². The highest BCUT2D eigenvalue weighted by atomic mass is 31.2. The van der Waals surface area contributed by atoms with E-state index >= 15 is 0 Å². The summed E-state index contributed by atoms with van der Waals surface area (Å²) in [6.07, 6.45) is -2.41. The molecule has 0 radical (unpaired) electrons. The number of carboxylic acid groups (broad SMARTS) is 2. The summed E-state index contributed by atoms with van der Waals surface area (Å²) in [4.78, 5) is 50.6. The van der Waals surface area contributed by atoms with Gasteiger partial charge in [0.05, 0.1) is 17.5 Å². The van der Waals surface area contributed by atoms with Crippen molar-refractivity contribution in [2.24, 2.45) is 11.7 Å². The maximum Gasteiger partial charge on any atom is 0.307 e. The number of nitrogens with two attached hydrogens (primary N) is 1. The van der Waals surface area contributed by atoms with Crippen LogP contribution in [-0.4, -0.2) is 60.9 Å². The molecule has 0 aliphatic carbocycles. The Morgan fingerprint density at radius 2 is 1.86 bits per heavy atom. The Morgan fingerprint density at radius 3 is 2.19 bits per heavy atom. The van der Waals surface area contributed by atoms with Crippen molar-refractivity contribution in [1.82, 2.24) is 0 Å². The zero-order chi connectivity index (χ0) is 16.8. The lowest BCUT2D eigenvalue weighted by Crippen LogP contribution is -2.34. The fourth-order valence-electron chi connectivity index (χ4n) is 1.73. The predicted molar refractivity (Wildman–Crippen MR) is 75.7 cm³/mol. The molecule has 0 aromatic heterocycles. The minimum Gasteiger partial charge on any atom is -0.481 e. The van der Waals surface area contributed by atoms with E-state index in [9.17, 15) is 28.8 Å². The van der Waals surface area contributed by atoms with Crippen LogP contribution in [-0.2, 0) is 14.2 Å². The van der Waals surface area contributed by atoms with Crippen molar-refractivity contribution in [3.63, 3.8) is 0 Å². The number of aliphatic carboxylic acids is 2. The molecule has 3 unspecified atom stereocenters. The van der Waals surface area contributed by atoms with Crippen molar-refractivity contribution in [2.45, 2.75) is 18.5 Å². The van der Waals surface area contributed by atoms with E-state index in [1.807, 2.05) is 0 Å². The normalized spacial score (nSPS) is 17.5. The molecule has 0 aromatic carbocycles. The largest absolute Gasteiger partial charge is 0.481 e. The van der Waals surface area contributed by atoms with Gasteiger partial charge < -0.3 is 20.5 Å². The molecule has 0 aromatic rings. The molecule has 0 aliphatic rings. The Labute approximate surface area is 121 Å². The molecule has 10 nitrogen and oxygen atoms in total. The highest BCUT2D eigenvalue weighted by Crippen LogP contribution is 2.58. The molecule has 0 rings (SSSR count). The maximum atomic E-state index is 11.9. The van der Waals surface area contributed by atoms with Crippen LogP contribution in [0.3, 0.4) is 0 Å². The highest BCUT2D eigenvalue weighted by molar-refractivity contribution is 7.75. The topological polar surface area (TPSA) is 202 Å². The summed E-state index contributed by atoms with van der Waals surface area (Å²) in [6, 6.07) is 0. The highest BCUT2D eigenvalue weighted by Gasteiger charge is 2.48. The van der Waals surface area contributed by atoms with Crippen LogP contribution in [0.5, 0.6) is 0 Å². The third kappa shape index (κ3) is 6.60. The molecule has 0 amide bonds. The molecule has 0 spiro atoms. The third-order valence-corrected chi connectivity index (χ3v) is 6.60. The summed E-state index contributed by atoms with van der Waals surface area (Å²) >= 11 is 0. The molecule has 0 bridgehead atoms. The van der Waals surface area contributed by atoms with Gasteiger partial charge in [0, 0.05) is 6.42 Å². The van der Waals surface area contributed by atoms with Crippen molar-refractivity contribution in [3.05, 3.63) is 0 Å². The van der Waals surface area contributed by atoms with E-state index in [0.29, 0.717) is 0 Å². The SMILES string of the molecule is N=CP(=O)(O)C(C[P+](O)(O)CN)C(CCC(=O)O)C(=O)O. The zero-order valence-electron chi connectivity index (χ0n) is 11.0. The predicted octanol–water partition coefficient (Wildman–Crippen LogP) is -0.454. The zero-order valence-corrected chi connectivity index (χ0v) is 12.8. The lowest BCUT2D eigenvalue weighted by Gasteiger charge is -2.26. The van der Waals surface area contributed by atoms with Crippen molar-refractivity contribution in [1.29, 1.82) is 5.41 Å². The monoisotopic (exact) mass is 345 g/mol. The summed E-state index contributed by atoms with van der Waals surface area (Å²) in [5.74, 6) is -4.29. The first-order valence-electron chi connectivity index (χ1n) is 5.78. The van der Waals surface area contributed by atoms with Gasteiger partial charge in [-0.2, -0.15) is 0 Å². The van der Waals surface area contributed by atoms with Gasteiger partial charge in [-0.3, -0.25) is 19.9 Å². The Kier molecular flexibility index (Phi) is 7.60. The molecule has 0 heterocycles. The van der Waals surface area contributed by atoms with Gasteiger partial charge in [0.25, 0.3) is 7.72 Å². The van der Waals surface area contributed by atoms with Crippen molar-refractivity contribution in [3.8, 4) is 0 Å². The van der Waals surface area contributed by atoms with Gasteiger partial charge in [-0.1, -0.05) is 0 Å². The summed E-state index contributed by atoms with van der Waals surface area (Å²) in [6.45, 7) is 0. The van der Waals surface area contributed by atoms with Crippen LogP contribution in [0.25, 0.3) is 0 Å². The molecular formula is C9H19N2O8P2+. The number of carbonyl (C=O) groups is 2.